The number of aromatic nitrogens is 4. The lowest BCUT2D eigenvalue weighted by molar-refractivity contribution is -0.137. The van der Waals surface area contributed by atoms with Gasteiger partial charge in [-0.3, -0.25) is 14.2 Å². The van der Waals surface area contributed by atoms with Gasteiger partial charge in [-0.15, -0.1) is 0 Å². The number of aliphatic hydroxyl groups is 1. The molecule has 1 aromatic carbocycles. The second-order valence-electron chi connectivity index (χ2n) is 10.4. The fourth-order valence-corrected chi connectivity index (χ4v) is 5.83. The lowest BCUT2D eigenvalue weighted by Crippen LogP contribution is -2.41. The van der Waals surface area contributed by atoms with Crippen molar-refractivity contribution >= 4 is 17.2 Å². The number of rotatable bonds is 4. The molecule has 3 aromatic heterocycles. The van der Waals surface area contributed by atoms with Gasteiger partial charge in [0.15, 0.2) is 0 Å². The van der Waals surface area contributed by atoms with Crippen LogP contribution in [0.4, 0.5) is 19.0 Å². The van der Waals surface area contributed by atoms with Gasteiger partial charge in [0, 0.05) is 49.1 Å². The Morgan fingerprint density at radius 1 is 1.03 bits per heavy atom. The summed E-state index contributed by atoms with van der Waals surface area (Å²) < 4.78 is 41.6. The van der Waals surface area contributed by atoms with Gasteiger partial charge in [-0.05, 0) is 43.9 Å². The van der Waals surface area contributed by atoms with Gasteiger partial charge in [0.1, 0.15) is 28.5 Å². The topological polar surface area (TPSA) is 110 Å². The van der Waals surface area contributed by atoms with E-state index in [4.69, 9.17) is 10.7 Å². The Hall–Kier alpha value is -3.99. The molecule has 2 fully saturated rings. The van der Waals surface area contributed by atoms with Crippen LogP contribution in [0.3, 0.4) is 0 Å². The Morgan fingerprint density at radius 3 is 2.54 bits per heavy atom. The summed E-state index contributed by atoms with van der Waals surface area (Å²) in [6.45, 7) is 2.02. The molecule has 2 aliphatic rings. The molecular weight excluding hydrogens is 509 g/mol. The molecule has 8 nitrogen and oxygen atoms in total. The predicted molar refractivity (Wildman–Crippen MR) is 137 cm³/mol. The highest BCUT2D eigenvalue weighted by molar-refractivity contribution is 5.85. The molecule has 6 rings (SSSR count). The third kappa shape index (κ3) is 4.30. The van der Waals surface area contributed by atoms with Gasteiger partial charge >= 0.3 is 6.18 Å². The molecule has 0 bridgehead atoms. The van der Waals surface area contributed by atoms with Crippen LogP contribution in [0, 0.1) is 0 Å². The highest BCUT2D eigenvalue weighted by atomic mass is 19.4. The molecule has 202 valence electrons. The predicted octanol–water partition coefficient (Wildman–Crippen LogP) is 4.52. The number of piperidine rings is 1. The first-order chi connectivity index (χ1) is 18.5. The van der Waals surface area contributed by atoms with Crippen molar-refractivity contribution in [3.8, 4) is 11.3 Å². The average molecular weight is 537 g/mol. The number of alkyl halides is 3. The highest BCUT2D eigenvalue weighted by Crippen LogP contribution is 2.39. The van der Waals surface area contributed by atoms with Gasteiger partial charge in [-0.25, -0.2) is 9.97 Å². The van der Waals surface area contributed by atoms with E-state index in [1.54, 1.807) is 30.5 Å². The SMILES string of the molecule is C[C@](O)(c1ccc(-c2nc([C@@H]3CC[C@H]4CCC(=O)N4C3)n3ccnc(N)c23)cc1)c1cc(C(F)(F)F)ccn1. The summed E-state index contributed by atoms with van der Waals surface area (Å²) >= 11 is 0. The number of carbonyl (C=O) groups is 1. The highest BCUT2D eigenvalue weighted by Gasteiger charge is 2.38. The summed E-state index contributed by atoms with van der Waals surface area (Å²) in [5.41, 5.74) is 5.87. The van der Waals surface area contributed by atoms with Crippen molar-refractivity contribution in [3.63, 3.8) is 0 Å². The number of imidazole rings is 1. The van der Waals surface area contributed by atoms with Crippen molar-refractivity contribution in [2.24, 2.45) is 0 Å². The number of hydrogen-bond donors (Lipinski definition) is 2. The van der Waals surface area contributed by atoms with Crippen LogP contribution in [-0.2, 0) is 16.6 Å². The van der Waals surface area contributed by atoms with E-state index in [1.165, 1.54) is 6.92 Å². The molecule has 0 aliphatic carbocycles. The van der Waals surface area contributed by atoms with Crippen LogP contribution in [0.2, 0.25) is 0 Å². The zero-order valence-electron chi connectivity index (χ0n) is 21.2. The van der Waals surface area contributed by atoms with Crippen LogP contribution in [0.1, 0.15) is 61.2 Å². The third-order valence-corrected chi connectivity index (χ3v) is 8.00. The van der Waals surface area contributed by atoms with Crippen LogP contribution in [0.25, 0.3) is 16.8 Å². The quantitative estimate of drug-likeness (QED) is 0.397. The van der Waals surface area contributed by atoms with Crippen molar-refractivity contribution in [3.05, 3.63) is 77.6 Å². The minimum atomic E-state index is -4.55. The fourth-order valence-electron chi connectivity index (χ4n) is 5.83. The molecule has 2 aliphatic heterocycles. The third-order valence-electron chi connectivity index (χ3n) is 8.00. The van der Waals surface area contributed by atoms with E-state index in [0.29, 0.717) is 47.2 Å². The van der Waals surface area contributed by atoms with Crippen molar-refractivity contribution < 1.29 is 23.1 Å². The Labute approximate surface area is 222 Å². The minimum Gasteiger partial charge on any atom is -0.382 e. The molecule has 4 aromatic rings. The van der Waals surface area contributed by atoms with Gasteiger partial charge in [0.2, 0.25) is 5.91 Å². The summed E-state index contributed by atoms with van der Waals surface area (Å²) in [5, 5.41) is 11.2. The van der Waals surface area contributed by atoms with Crippen molar-refractivity contribution in [2.75, 3.05) is 12.3 Å². The van der Waals surface area contributed by atoms with Crippen LogP contribution in [0.5, 0.6) is 0 Å². The monoisotopic (exact) mass is 536 g/mol. The van der Waals surface area contributed by atoms with E-state index < -0.39 is 17.3 Å². The van der Waals surface area contributed by atoms with E-state index in [0.717, 1.165) is 43.4 Å². The van der Waals surface area contributed by atoms with Gasteiger partial charge in [-0.1, -0.05) is 24.3 Å². The zero-order chi connectivity index (χ0) is 27.5. The van der Waals surface area contributed by atoms with E-state index in [2.05, 4.69) is 9.97 Å². The fraction of sp³-hybridized carbons (Fsp3) is 0.357. The number of carbonyl (C=O) groups excluding carboxylic acids is 1. The molecule has 0 radical (unpaired) electrons. The largest absolute Gasteiger partial charge is 0.416 e. The minimum absolute atomic E-state index is 0.0401. The first kappa shape index (κ1) is 25.3. The number of benzene rings is 1. The van der Waals surface area contributed by atoms with E-state index >= 15 is 0 Å². The zero-order valence-corrected chi connectivity index (χ0v) is 21.2. The lowest BCUT2D eigenvalue weighted by Gasteiger charge is -2.34. The number of amides is 1. The molecule has 2 saturated heterocycles. The maximum absolute atomic E-state index is 13.2. The van der Waals surface area contributed by atoms with Crippen molar-refractivity contribution in [2.45, 2.75) is 56.3 Å². The number of anilines is 1. The summed E-state index contributed by atoms with van der Waals surface area (Å²) in [6.07, 6.45) is 3.25. The number of nitrogens with zero attached hydrogens (tertiary/aromatic N) is 5. The van der Waals surface area contributed by atoms with E-state index in [1.807, 2.05) is 15.5 Å². The Morgan fingerprint density at radius 2 is 1.79 bits per heavy atom. The van der Waals surface area contributed by atoms with Crippen LogP contribution < -0.4 is 5.73 Å². The standard InChI is InChI=1S/C28H27F3N6O2/c1-27(39,21-14-19(10-11-33-21)28(29,30)31)18-5-2-16(3-6-18)23-24-25(32)34-12-13-36(24)26(35-23)17-4-7-20-8-9-22(38)37(20)15-17/h2-3,5-6,10-14,17,20,39H,4,7-9,15H2,1H3,(H2,32,34)/t17-,20+,27+/m1/s1. The van der Waals surface area contributed by atoms with Crippen molar-refractivity contribution in [1.82, 2.24) is 24.3 Å². The maximum Gasteiger partial charge on any atom is 0.416 e. The summed E-state index contributed by atoms with van der Waals surface area (Å²) in [4.78, 5) is 27.6. The molecule has 39 heavy (non-hydrogen) atoms. The van der Waals surface area contributed by atoms with Gasteiger partial charge in [0.05, 0.1) is 11.3 Å². The first-order valence-electron chi connectivity index (χ1n) is 12.8. The normalized spacial score (nSPS) is 21.3. The summed E-state index contributed by atoms with van der Waals surface area (Å²) in [5.74, 6) is 1.33. The summed E-state index contributed by atoms with van der Waals surface area (Å²) in [6, 6.07) is 8.81. The van der Waals surface area contributed by atoms with Crippen molar-refractivity contribution in [1.29, 1.82) is 0 Å². The molecule has 11 heteroatoms. The number of fused-ring (bicyclic) bond motifs is 2. The number of nitrogen functional groups attached to an aromatic ring is 1. The molecule has 3 N–H and O–H groups in total. The maximum atomic E-state index is 13.2. The molecule has 5 heterocycles. The average Bonchev–Trinajstić information content (AvgIpc) is 3.50. The van der Waals surface area contributed by atoms with E-state index in [-0.39, 0.29) is 17.5 Å². The molecule has 0 unspecified atom stereocenters. The molecule has 1 amide bonds. The van der Waals surface area contributed by atoms with E-state index in [9.17, 15) is 23.1 Å². The number of hydrogen-bond acceptors (Lipinski definition) is 6. The Balaban J connectivity index is 1.36. The first-order valence-corrected chi connectivity index (χ1v) is 12.8. The van der Waals surface area contributed by atoms with Crippen LogP contribution in [0.15, 0.2) is 55.0 Å². The molecular formula is C28H27F3N6O2. The lowest BCUT2D eigenvalue weighted by atomic mass is 9.90. The Bertz CT molecular complexity index is 1560. The van der Waals surface area contributed by atoms with Crippen LogP contribution >= 0.6 is 0 Å². The van der Waals surface area contributed by atoms with Gasteiger partial charge in [0.25, 0.3) is 0 Å². The second kappa shape index (κ2) is 9.04. The number of nitrogens with two attached hydrogens (primary N) is 1. The Kier molecular flexibility index (Phi) is 5.87. The molecule has 0 spiro atoms. The van der Waals surface area contributed by atoms with Gasteiger partial charge in [-0.2, -0.15) is 13.2 Å². The van der Waals surface area contributed by atoms with Gasteiger partial charge < -0.3 is 15.7 Å². The second-order valence-corrected chi connectivity index (χ2v) is 10.4. The smallest absolute Gasteiger partial charge is 0.382 e. The van der Waals surface area contributed by atoms with Crippen LogP contribution in [-0.4, -0.2) is 47.9 Å². The molecule has 0 saturated carbocycles. The summed E-state index contributed by atoms with van der Waals surface area (Å²) in [7, 11) is 0. The molecule has 3 atom stereocenters. The number of pyridine rings is 1. The number of halogens is 3.